The lowest BCUT2D eigenvalue weighted by atomic mass is 10.1. The second-order valence-electron chi connectivity index (χ2n) is 7.20. The molecule has 2 N–H and O–H groups in total. The van der Waals surface area contributed by atoms with Gasteiger partial charge in [0.25, 0.3) is 0 Å². The van der Waals surface area contributed by atoms with E-state index in [1.54, 1.807) is 13.1 Å². The van der Waals surface area contributed by atoms with Crippen LogP contribution in [-0.2, 0) is 11.3 Å². The molecular formula is C23H31FIN3O2. The van der Waals surface area contributed by atoms with Crippen LogP contribution in [0, 0.1) is 12.7 Å². The molecule has 2 aromatic rings. The van der Waals surface area contributed by atoms with Gasteiger partial charge in [0.1, 0.15) is 18.2 Å². The Morgan fingerprint density at radius 2 is 2.00 bits per heavy atom. The topological polar surface area (TPSA) is 54.9 Å². The third kappa shape index (κ3) is 6.84. The standard InChI is InChI=1S/C23H30FN3O2.HI/c1-4-28-11-12-29-22-13-16(2)9-10-17(22)15-26-23(25-3)27-21-14-19(21)18-7-5-6-8-20(18)24;/h5-10,13,19,21H,4,11-12,14-15H2,1-3H3,(H2,25,26,27);1H. The van der Waals surface area contributed by atoms with Gasteiger partial charge in [-0.25, -0.2) is 4.39 Å². The minimum absolute atomic E-state index is 0. The van der Waals surface area contributed by atoms with E-state index in [1.165, 1.54) is 6.07 Å². The van der Waals surface area contributed by atoms with Crippen LogP contribution >= 0.6 is 24.0 Å². The molecule has 2 aromatic carbocycles. The van der Waals surface area contributed by atoms with Crippen molar-refractivity contribution < 1.29 is 13.9 Å². The molecule has 0 aliphatic heterocycles. The third-order valence-electron chi connectivity index (χ3n) is 5.00. The summed E-state index contributed by atoms with van der Waals surface area (Å²) < 4.78 is 25.2. The predicted octanol–water partition coefficient (Wildman–Crippen LogP) is 4.39. The number of nitrogens with zero attached hydrogens (tertiary/aromatic N) is 1. The Morgan fingerprint density at radius 1 is 1.20 bits per heavy atom. The first kappa shape index (κ1) is 24.4. The summed E-state index contributed by atoms with van der Waals surface area (Å²) >= 11 is 0. The zero-order valence-corrected chi connectivity index (χ0v) is 20.1. The largest absolute Gasteiger partial charge is 0.491 e. The molecule has 1 aliphatic rings. The lowest BCUT2D eigenvalue weighted by molar-refractivity contribution is 0.110. The van der Waals surface area contributed by atoms with Gasteiger partial charge in [0.2, 0.25) is 0 Å². The molecule has 30 heavy (non-hydrogen) atoms. The molecule has 2 unspecified atom stereocenters. The Balaban J connectivity index is 0.00000320. The number of nitrogens with one attached hydrogen (secondary N) is 2. The maximum absolute atomic E-state index is 14.0. The van der Waals surface area contributed by atoms with Crippen LogP contribution in [0.1, 0.15) is 36.0 Å². The lowest BCUT2D eigenvalue weighted by Crippen LogP contribution is -2.38. The van der Waals surface area contributed by atoms with Crippen molar-refractivity contribution in [2.45, 2.75) is 38.8 Å². The summed E-state index contributed by atoms with van der Waals surface area (Å²) in [6.45, 7) is 6.37. The molecule has 0 radical (unpaired) electrons. The highest BCUT2D eigenvalue weighted by Crippen LogP contribution is 2.41. The summed E-state index contributed by atoms with van der Waals surface area (Å²) in [4.78, 5) is 4.31. The van der Waals surface area contributed by atoms with Crippen molar-refractivity contribution in [2.75, 3.05) is 26.9 Å². The van der Waals surface area contributed by atoms with E-state index in [0.717, 1.165) is 28.9 Å². The Hall–Kier alpha value is -1.87. The van der Waals surface area contributed by atoms with Gasteiger partial charge < -0.3 is 20.1 Å². The van der Waals surface area contributed by atoms with Crippen LogP contribution < -0.4 is 15.4 Å². The summed E-state index contributed by atoms with van der Waals surface area (Å²) in [5.41, 5.74) is 2.97. The highest BCUT2D eigenvalue weighted by molar-refractivity contribution is 14.0. The van der Waals surface area contributed by atoms with E-state index >= 15 is 0 Å². The number of hydrogen-bond donors (Lipinski definition) is 2. The minimum Gasteiger partial charge on any atom is -0.491 e. The Bertz CT molecular complexity index is 847. The van der Waals surface area contributed by atoms with Crippen molar-refractivity contribution in [3.8, 4) is 5.75 Å². The molecule has 164 valence electrons. The van der Waals surface area contributed by atoms with Crippen molar-refractivity contribution >= 4 is 29.9 Å². The molecule has 0 bridgehead atoms. The molecule has 3 rings (SSSR count). The summed E-state index contributed by atoms with van der Waals surface area (Å²) in [6.07, 6.45) is 0.901. The average Bonchev–Trinajstić information content (AvgIpc) is 3.48. The summed E-state index contributed by atoms with van der Waals surface area (Å²) in [7, 11) is 1.74. The van der Waals surface area contributed by atoms with E-state index in [-0.39, 0.29) is 41.8 Å². The van der Waals surface area contributed by atoms with Crippen LogP contribution in [-0.4, -0.2) is 38.9 Å². The van der Waals surface area contributed by atoms with Crippen LogP contribution in [0.5, 0.6) is 5.75 Å². The van der Waals surface area contributed by atoms with E-state index < -0.39 is 0 Å². The molecule has 1 aliphatic carbocycles. The van der Waals surface area contributed by atoms with Crippen LogP contribution in [0.15, 0.2) is 47.5 Å². The van der Waals surface area contributed by atoms with Gasteiger partial charge in [0.05, 0.1) is 6.61 Å². The van der Waals surface area contributed by atoms with Gasteiger partial charge in [0, 0.05) is 37.7 Å². The van der Waals surface area contributed by atoms with Gasteiger partial charge in [0.15, 0.2) is 5.96 Å². The Morgan fingerprint density at radius 3 is 2.73 bits per heavy atom. The third-order valence-corrected chi connectivity index (χ3v) is 5.00. The van der Waals surface area contributed by atoms with Crippen molar-refractivity contribution in [2.24, 2.45) is 4.99 Å². The molecule has 0 amide bonds. The van der Waals surface area contributed by atoms with Crippen LogP contribution in [0.3, 0.4) is 0 Å². The zero-order valence-electron chi connectivity index (χ0n) is 17.8. The average molecular weight is 527 g/mol. The molecule has 2 atom stereocenters. The number of hydrogen-bond acceptors (Lipinski definition) is 3. The van der Waals surface area contributed by atoms with Gasteiger partial charge in [-0.3, -0.25) is 4.99 Å². The van der Waals surface area contributed by atoms with E-state index in [2.05, 4.69) is 27.8 Å². The fraction of sp³-hybridized carbons (Fsp3) is 0.435. The predicted molar refractivity (Wildman–Crippen MR) is 129 cm³/mol. The van der Waals surface area contributed by atoms with Gasteiger partial charge in [-0.15, -0.1) is 24.0 Å². The summed E-state index contributed by atoms with van der Waals surface area (Å²) in [5, 5.41) is 6.73. The number of aryl methyl sites for hydroxylation is 1. The molecule has 0 heterocycles. The highest BCUT2D eigenvalue weighted by Gasteiger charge is 2.40. The van der Waals surface area contributed by atoms with E-state index in [1.807, 2.05) is 32.0 Å². The first-order valence-corrected chi connectivity index (χ1v) is 10.1. The monoisotopic (exact) mass is 527 g/mol. The number of guanidine groups is 1. The normalized spacial score (nSPS) is 17.8. The zero-order chi connectivity index (χ0) is 20.6. The Kier molecular flexibility index (Phi) is 9.84. The van der Waals surface area contributed by atoms with Crippen molar-refractivity contribution in [1.82, 2.24) is 10.6 Å². The maximum Gasteiger partial charge on any atom is 0.191 e. The molecule has 1 saturated carbocycles. The molecule has 5 nitrogen and oxygen atoms in total. The highest BCUT2D eigenvalue weighted by atomic mass is 127. The van der Waals surface area contributed by atoms with Crippen molar-refractivity contribution in [3.05, 3.63) is 65.0 Å². The lowest BCUT2D eigenvalue weighted by Gasteiger charge is -2.16. The van der Waals surface area contributed by atoms with Crippen molar-refractivity contribution in [3.63, 3.8) is 0 Å². The quantitative estimate of drug-likeness (QED) is 0.220. The number of aliphatic imine (C=N–C) groups is 1. The van der Waals surface area contributed by atoms with E-state index in [4.69, 9.17) is 9.47 Å². The summed E-state index contributed by atoms with van der Waals surface area (Å²) in [5.74, 6) is 1.60. The molecule has 1 fully saturated rings. The fourth-order valence-electron chi connectivity index (χ4n) is 3.32. The fourth-order valence-corrected chi connectivity index (χ4v) is 3.32. The van der Waals surface area contributed by atoms with Crippen LogP contribution in [0.4, 0.5) is 4.39 Å². The first-order valence-electron chi connectivity index (χ1n) is 10.1. The van der Waals surface area contributed by atoms with Gasteiger partial charge >= 0.3 is 0 Å². The maximum atomic E-state index is 14.0. The summed E-state index contributed by atoms with van der Waals surface area (Å²) in [6, 6.07) is 13.3. The van der Waals surface area contributed by atoms with Crippen molar-refractivity contribution in [1.29, 1.82) is 0 Å². The number of halogens is 2. The molecule has 0 aromatic heterocycles. The molecule has 7 heteroatoms. The SMILES string of the molecule is CCOCCOc1cc(C)ccc1CNC(=NC)NC1CC1c1ccccc1F.I. The van der Waals surface area contributed by atoms with E-state index in [9.17, 15) is 4.39 Å². The molecule has 0 spiro atoms. The van der Waals surface area contributed by atoms with Gasteiger partial charge in [-0.2, -0.15) is 0 Å². The van der Waals surface area contributed by atoms with E-state index in [0.29, 0.717) is 32.3 Å². The first-order chi connectivity index (χ1) is 14.1. The molecular weight excluding hydrogens is 496 g/mol. The smallest absolute Gasteiger partial charge is 0.191 e. The van der Waals surface area contributed by atoms with Gasteiger partial charge in [-0.05, 0) is 43.5 Å². The van der Waals surface area contributed by atoms with Crippen LogP contribution in [0.2, 0.25) is 0 Å². The minimum atomic E-state index is -0.141. The second-order valence-corrected chi connectivity index (χ2v) is 7.20. The van der Waals surface area contributed by atoms with Crippen LogP contribution in [0.25, 0.3) is 0 Å². The number of rotatable bonds is 9. The number of benzene rings is 2. The number of ether oxygens (including phenoxy) is 2. The van der Waals surface area contributed by atoms with Gasteiger partial charge in [-0.1, -0.05) is 30.3 Å². The Labute approximate surface area is 195 Å². The second kappa shape index (κ2) is 12.1. The molecule has 0 saturated heterocycles.